The number of thioether (sulfide) groups is 1. The van der Waals surface area contributed by atoms with E-state index in [4.69, 9.17) is 10.9 Å². The maximum atomic E-state index is 12.6. The van der Waals surface area contributed by atoms with Crippen LogP contribution in [0, 0.1) is 0 Å². The van der Waals surface area contributed by atoms with Crippen LogP contribution in [0.2, 0.25) is 0 Å². The fourth-order valence-electron chi connectivity index (χ4n) is 1.25. The van der Waals surface area contributed by atoms with Crippen molar-refractivity contribution in [2.45, 2.75) is 11.2 Å². The van der Waals surface area contributed by atoms with Crippen LogP contribution < -0.4 is 5.73 Å². The van der Waals surface area contributed by atoms with E-state index in [1.807, 2.05) is 0 Å². The minimum atomic E-state index is -4.64. The van der Waals surface area contributed by atoms with Crippen molar-refractivity contribution in [1.82, 2.24) is 4.98 Å². The predicted octanol–water partition coefficient (Wildman–Crippen LogP) is 1.33. The molecule has 0 aromatic carbocycles. The zero-order valence-electron chi connectivity index (χ0n) is 10.8. The third kappa shape index (κ3) is 5.42. The van der Waals surface area contributed by atoms with Gasteiger partial charge in [0.2, 0.25) is 0 Å². The molecule has 0 atom stereocenters. The van der Waals surface area contributed by atoms with Crippen LogP contribution in [-0.4, -0.2) is 42.2 Å². The molecule has 0 aliphatic heterocycles. The highest BCUT2D eigenvalue weighted by Crippen LogP contribution is 2.30. The third-order valence-electron chi connectivity index (χ3n) is 2.23. The molecule has 21 heavy (non-hydrogen) atoms. The summed E-state index contributed by atoms with van der Waals surface area (Å²) in [5.41, 5.74) is 4.22. The molecule has 0 radical (unpaired) electrons. The second-order valence-electron chi connectivity index (χ2n) is 4.01. The summed E-state index contributed by atoms with van der Waals surface area (Å²) in [5.74, 6) is -0.637. The van der Waals surface area contributed by atoms with Gasteiger partial charge in [0.15, 0.2) is 5.84 Å². The van der Waals surface area contributed by atoms with Gasteiger partial charge < -0.3 is 10.9 Å². The van der Waals surface area contributed by atoms with Crippen LogP contribution in [0.1, 0.15) is 11.3 Å². The molecule has 0 unspecified atom stereocenters. The summed E-state index contributed by atoms with van der Waals surface area (Å²) in [5, 5.41) is 11.2. The molecule has 0 fully saturated rings. The van der Waals surface area contributed by atoms with Crippen LogP contribution in [0.25, 0.3) is 0 Å². The van der Waals surface area contributed by atoms with Gasteiger partial charge in [-0.15, -0.1) is 11.8 Å². The number of hydrogen-bond donors (Lipinski definition) is 2. The first-order chi connectivity index (χ1) is 9.54. The standard InChI is InChI=1S/C10H12F3N3O3S2/c1-21(18,19)5-4-20-9-6(8(14)16-17)2-3-7(15-9)10(11,12)13/h2-3,17H,4-5H2,1H3,(H2,14,16). The van der Waals surface area contributed by atoms with E-state index in [1.54, 1.807) is 0 Å². The van der Waals surface area contributed by atoms with Crippen LogP contribution in [0.3, 0.4) is 0 Å². The summed E-state index contributed by atoms with van der Waals surface area (Å²) in [6, 6.07) is 1.72. The van der Waals surface area contributed by atoms with Gasteiger partial charge >= 0.3 is 6.18 Å². The molecule has 6 nitrogen and oxygen atoms in total. The molecule has 0 bridgehead atoms. The first-order valence-electron chi connectivity index (χ1n) is 5.41. The highest BCUT2D eigenvalue weighted by Gasteiger charge is 2.33. The SMILES string of the molecule is CS(=O)(=O)CCSc1nc(C(F)(F)F)ccc1C(N)=NO. The molecular formula is C10H12F3N3O3S2. The molecule has 3 N–H and O–H groups in total. The Morgan fingerprint density at radius 3 is 2.57 bits per heavy atom. The monoisotopic (exact) mass is 343 g/mol. The van der Waals surface area contributed by atoms with Crippen LogP contribution in [-0.2, 0) is 16.0 Å². The van der Waals surface area contributed by atoms with Crippen LogP contribution in [0.15, 0.2) is 22.3 Å². The van der Waals surface area contributed by atoms with Gasteiger partial charge in [-0.2, -0.15) is 13.2 Å². The number of rotatable bonds is 5. The van der Waals surface area contributed by atoms with E-state index in [1.165, 1.54) is 0 Å². The van der Waals surface area contributed by atoms with E-state index in [9.17, 15) is 21.6 Å². The number of aromatic nitrogens is 1. The van der Waals surface area contributed by atoms with Gasteiger partial charge in [0, 0.05) is 12.0 Å². The largest absolute Gasteiger partial charge is 0.433 e. The summed E-state index contributed by atoms with van der Waals surface area (Å²) in [6.45, 7) is 0. The van der Waals surface area contributed by atoms with Crippen molar-refractivity contribution in [1.29, 1.82) is 0 Å². The van der Waals surface area contributed by atoms with E-state index in [0.717, 1.165) is 24.1 Å². The molecule has 0 spiro atoms. The number of nitrogens with two attached hydrogens (primary N) is 1. The van der Waals surface area contributed by atoms with E-state index < -0.39 is 27.5 Å². The molecule has 1 aromatic heterocycles. The van der Waals surface area contributed by atoms with Crippen molar-refractivity contribution in [3.8, 4) is 0 Å². The highest BCUT2D eigenvalue weighted by molar-refractivity contribution is 8.00. The molecule has 0 aliphatic rings. The van der Waals surface area contributed by atoms with E-state index >= 15 is 0 Å². The highest BCUT2D eigenvalue weighted by atomic mass is 32.2. The van der Waals surface area contributed by atoms with Gasteiger partial charge in [-0.05, 0) is 12.1 Å². The predicted molar refractivity (Wildman–Crippen MR) is 72.2 cm³/mol. The fraction of sp³-hybridized carbons (Fsp3) is 0.400. The zero-order chi connectivity index (χ0) is 16.3. The average Bonchev–Trinajstić information content (AvgIpc) is 2.35. The molecule has 0 saturated carbocycles. The number of hydrogen-bond acceptors (Lipinski definition) is 6. The van der Waals surface area contributed by atoms with Gasteiger partial charge in [-0.3, -0.25) is 0 Å². The molecule has 11 heteroatoms. The van der Waals surface area contributed by atoms with Crippen molar-refractivity contribution in [2.24, 2.45) is 10.9 Å². The molecule has 0 saturated heterocycles. The van der Waals surface area contributed by atoms with E-state index in [0.29, 0.717) is 6.07 Å². The van der Waals surface area contributed by atoms with Crippen molar-refractivity contribution in [3.05, 3.63) is 23.4 Å². The lowest BCUT2D eigenvalue weighted by atomic mass is 10.2. The molecule has 1 rings (SSSR count). The van der Waals surface area contributed by atoms with E-state index in [-0.39, 0.29) is 22.1 Å². The van der Waals surface area contributed by atoms with Crippen LogP contribution >= 0.6 is 11.8 Å². The van der Waals surface area contributed by atoms with Crippen LogP contribution in [0.4, 0.5) is 13.2 Å². The number of pyridine rings is 1. The maximum Gasteiger partial charge on any atom is 0.433 e. The molecule has 118 valence electrons. The second-order valence-corrected chi connectivity index (χ2v) is 7.35. The average molecular weight is 343 g/mol. The van der Waals surface area contributed by atoms with Gasteiger partial charge in [0.1, 0.15) is 20.6 Å². The summed E-state index contributed by atoms with van der Waals surface area (Å²) in [6.07, 6.45) is -3.63. The normalized spacial score (nSPS) is 13.4. The molecule has 0 aliphatic carbocycles. The van der Waals surface area contributed by atoms with Crippen molar-refractivity contribution < 1.29 is 26.8 Å². The third-order valence-corrected chi connectivity index (χ3v) is 4.42. The van der Waals surface area contributed by atoms with Gasteiger partial charge in [0.05, 0.1) is 11.3 Å². The zero-order valence-corrected chi connectivity index (χ0v) is 12.4. The van der Waals surface area contributed by atoms with Crippen molar-refractivity contribution in [3.63, 3.8) is 0 Å². The Labute approximate surface area is 123 Å². The van der Waals surface area contributed by atoms with Gasteiger partial charge in [0.25, 0.3) is 0 Å². The van der Waals surface area contributed by atoms with Crippen molar-refractivity contribution >= 4 is 27.4 Å². The maximum absolute atomic E-state index is 12.6. The summed E-state index contributed by atoms with van der Waals surface area (Å²) < 4.78 is 59.9. The van der Waals surface area contributed by atoms with Crippen molar-refractivity contribution in [2.75, 3.05) is 17.8 Å². The Hall–Kier alpha value is -1.49. The minimum Gasteiger partial charge on any atom is -0.409 e. The number of alkyl halides is 3. The summed E-state index contributed by atoms with van der Waals surface area (Å²) in [4.78, 5) is 3.40. The Balaban J connectivity index is 3.11. The minimum absolute atomic E-state index is 0.00114. The molecule has 1 heterocycles. The number of oxime groups is 1. The lowest BCUT2D eigenvalue weighted by molar-refractivity contribution is -0.141. The Morgan fingerprint density at radius 2 is 2.10 bits per heavy atom. The Morgan fingerprint density at radius 1 is 1.48 bits per heavy atom. The first-order valence-corrected chi connectivity index (χ1v) is 8.46. The van der Waals surface area contributed by atoms with Gasteiger partial charge in [-0.1, -0.05) is 5.16 Å². The van der Waals surface area contributed by atoms with Crippen LogP contribution in [0.5, 0.6) is 0 Å². The lowest BCUT2D eigenvalue weighted by Crippen LogP contribution is -2.17. The summed E-state index contributed by atoms with van der Waals surface area (Å²) >= 11 is 0.786. The first kappa shape index (κ1) is 17.6. The number of amidine groups is 1. The smallest absolute Gasteiger partial charge is 0.409 e. The summed E-state index contributed by atoms with van der Waals surface area (Å²) in [7, 11) is -3.25. The lowest BCUT2D eigenvalue weighted by Gasteiger charge is -2.11. The number of nitrogens with zero attached hydrogens (tertiary/aromatic N) is 2. The topological polar surface area (TPSA) is 106 Å². The molecular weight excluding hydrogens is 331 g/mol. The Bertz CT molecular complexity index is 645. The number of sulfone groups is 1. The number of halogens is 3. The van der Waals surface area contributed by atoms with E-state index in [2.05, 4.69) is 10.1 Å². The molecule has 0 amide bonds. The fourth-order valence-corrected chi connectivity index (χ4v) is 3.48. The van der Waals surface area contributed by atoms with Gasteiger partial charge in [-0.25, -0.2) is 13.4 Å². The Kier molecular flexibility index (Phi) is 5.45. The second kappa shape index (κ2) is 6.52. The quantitative estimate of drug-likeness (QED) is 0.275. The molecule has 1 aromatic rings.